The summed E-state index contributed by atoms with van der Waals surface area (Å²) in [4.78, 5) is 28.3. The van der Waals surface area contributed by atoms with Gasteiger partial charge >= 0.3 is 0 Å². The SMILES string of the molecule is O=C(C=C1Sc2ccccc2N(Cc2ccccc2F)C1=O)NCc1ccccc1Cl. The Morgan fingerprint density at radius 3 is 2.45 bits per heavy atom. The standard InChI is InChI=1S/C24H18ClFN2O2S/c25-18-9-3-1-7-16(18)14-27-23(29)13-22-24(30)28(15-17-8-2-4-10-19(17)26)20-11-5-6-12-21(20)31-22/h1-13H,14-15H2,(H,27,29). The molecule has 0 aromatic heterocycles. The third-order valence-electron chi connectivity index (χ3n) is 4.79. The molecule has 3 aromatic rings. The molecule has 0 unspecified atom stereocenters. The van der Waals surface area contributed by atoms with Gasteiger partial charge in [-0.25, -0.2) is 4.39 Å². The second-order valence-electron chi connectivity index (χ2n) is 6.87. The normalized spacial score (nSPS) is 14.5. The number of para-hydroxylation sites is 1. The van der Waals surface area contributed by atoms with Gasteiger partial charge in [-0.3, -0.25) is 9.59 Å². The van der Waals surface area contributed by atoms with Gasteiger partial charge in [-0.05, 0) is 29.8 Å². The molecule has 0 bridgehead atoms. The molecule has 3 aromatic carbocycles. The van der Waals surface area contributed by atoms with Crippen molar-refractivity contribution in [1.82, 2.24) is 5.32 Å². The Morgan fingerprint density at radius 2 is 1.68 bits per heavy atom. The average Bonchev–Trinajstić information content (AvgIpc) is 2.77. The van der Waals surface area contributed by atoms with Crippen LogP contribution in [0.3, 0.4) is 0 Å². The second kappa shape index (κ2) is 9.37. The highest BCUT2D eigenvalue weighted by Crippen LogP contribution is 2.41. The molecule has 156 valence electrons. The molecule has 0 radical (unpaired) electrons. The highest BCUT2D eigenvalue weighted by Gasteiger charge is 2.30. The Bertz CT molecular complexity index is 1180. The Kier molecular flexibility index (Phi) is 6.39. The van der Waals surface area contributed by atoms with Gasteiger partial charge in [0.1, 0.15) is 5.82 Å². The van der Waals surface area contributed by atoms with Crippen LogP contribution in [0.15, 0.2) is 88.7 Å². The van der Waals surface area contributed by atoms with E-state index in [-0.39, 0.29) is 29.7 Å². The lowest BCUT2D eigenvalue weighted by Crippen LogP contribution is -2.35. The summed E-state index contributed by atoms with van der Waals surface area (Å²) >= 11 is 7.35. The van der Waals surface area contributed by atoms with Gasteiger partial charge in [-0.1, -0.05) is 71.9 Å². The summed E-state index contributed by atoms with van der Waals surface area (Å²) in [5.41, 5.74) is 1.87. The lowest BCUT2D eigenvalue weighted by Gasteiger charge is -2.30. The molecule has 0 aliphatic carbocycles. The number of carbonyl (C=O) groups excluding carboxylic acids is 2. The minimum atomic E-state index is -0.402. The van der Waals surface area contributed by atoms with E-state index >= 15 is 0 Å². The van der Waals surface area contributed by atoms with Crippen molar-refractivity contribution in [3.63, 3.8) is 0 Å². The van der Waals surface area contributed by atoms with E-state index in [9.17, 15) is 14.0 Å². The monoisotopic (exact) mass is 452 g/mol. The zero-order chi connectivity index (χ0) is 21.8. The Balaban J connectivity index is 1.57. The van der Waals surface area contributed by atoms with Crippen LogP contribution in [0.2, 0.25) is 5.02 Å². The van der Waals surface area contributed by atoms with Crippen LogP contribution in [0.4, 0.5) is 10.1 Å². The number of benzene rings is 3. The number of thioether (sulfide) groups is 1. The maximum absolute atomic E-state index is 14.2. The van der Waals surface area contributed by atoms with Crippen LogP contribution in [0.25, 0.3) is 0 Å². The van der Waals surface area contributed by atoms with Gasteiger partial charge in [0.15, 0.2) is 0 Å². The van der Waals surface area contributed by atoms with Crippen molar-refractivity contribution in [1.29, 1.82) is 0 Å². The second-order valence-corrected chi connectivity index (χ2v) is 8.36. The van der Waals surface area contributed by atoms with Crippen molar-refractivity contribution < 1.29 is 14.0 Å². The van der Waals surface area contributed by atoms with Crippen molar-refractivity contribution in [2.24, 2.45) is 0 Å². The first kappa shape index (κ1) is 21.2. The summed E-state index contributed by atoms with van der Waals surface area (Å²) in [7, 11) is 0. The number of hydrogen-bond acceptors (Lipinski definition) is 3. The number of carbonyl (C=O) groups is 2. The van der Waals surface area contributed by atoms with E-state index in [2.05, 4.69) is 5.32 Å². The zero-order valence-electron chi connectivity index (χ0n) is 16.3. The van der Waals surface area contributed by atoms with Gasteiger partial charge < -0.3 is 10.2 Å². The maximum Gasteiger partial charge on any atom is 0.265 e. The fourth-order valence-corrected chi connectivity index (χ4v) is 4.44. The molecule has 0 fully saturated rings. The Hall–Kier alpha value is -3.09. The van der Waals surface area contributed by atoms with Crippen molar-refractivity contribution in [3.8, 4) is 0 Å². The van der Waals surface area contributed by atoms with Crippen molar-refractivity contribution in [2.75, 3.05) is 4.90 Å². The lowest BCUT2D eigenvalue weighted by atomic mass is 10.1. The molecule has 4 rings (SSSR count). The lowest BCUT2D eigenvalue weighted by molar-refractivity contribution is -0.118. The minimum Gasteiger partial charge on any atom is -0.348 e. The molecule has 0 atom stereocenters. The molecule has 0 saturated carbocycles. The predicted molar refractivity (Wildman–Crippen MR) is 121 cm³/mol. The third kappa shape index (κ3) is 4.81. The van der Waals surface area contributed by atoms with Gasteiger partial charge in [-0.2, -0.15) is 0 Å². The van der Waals surface area contributed by atoms with Crippen LogP contribution in [-0.2, 0) is 22.7 Å². The Morgan fingerprint density at radius 1 is 1.00 bits per heavy atom. The van der Waals surface area contributed by atoms with Crippen molar-refractivity contribution in [2.45, 2.75) is 18.0 Å². The third-order valence-corrected chi connectivity index (χ3v) is 6.24. The predicted octanol–water partition coefficient (Wildman–Crippen LogP) is 5.32. The fourth-order valence-electron chi connectivity index (χ4n) is 3.21. The summed E-state index contributed by atoms with van der Waals surface area (Å²) in [6, 6.07) is 20.9. The van der Waals surface area contributed by atoms with E-state index < -0.39 is 5.91 Å². The van der Waals surface area contributed by atoms with E-state index in [1.54, 1.807) is 24.3 Å². The van der Waals surface area contributed by atoms with Crippen LogP contribution in [-0.4, -0.2) is 11.8 Å². The van der Waals surface area contributed by atoms with E-state index in [0.29, 0.717) is 16.3 Å². The van der Waals surface area contributed by atoms with E-state index in [1.807, 2.05) is 42.5 Å². The molecule has 7 heteroatoms. The molecule has 0 spiro atoms. The number of fused-ring (bicyclic) bond motifs is 1. The highest BCUT2D eigenvalue weighted by molar-refractivity contribution is 8.04. The first-order valence-corrected chi connectivity index (χ1v) is 10.8. The summed E-state index contributed by atoms with van der Waals surface area (Å²) < 4.78 is 14.2. The fraction of sp³-hybridized carbons (Fsp3) is 0.0833. The van der Waals surface area contributed by atoms with Crippen molar-refractivity contribution >= 4 is 40.9 Å². The summed E-state index contributed by atoms with van der Waals surface area (Å²) in [6.45, 7) is 0.318. The molecule has 31 heavy (non-hydrogen) atoms. The molecule has 1 N–H and O–H groups in total. The van der Waals surface area contributed by atoms with Crippen LogP contribution in [0.1, 0.15) is 11.1 Å². The van der Waals surface area contributed by atoms with E-state index in [1.165, 1.54) is 28.8 Å². The van der Waals surface area contributed by atoms with E-state index in [4.69, 9.17) is 11.6 Å². The van der Waals surface area contributed by atoms with Crippen LogP contribution in [0, 0.1) is 5.82 Å². The number of hydrogen-bond donors (Lipinski definition) is 1. The van der Waals surface area contributed by atoms with Gasteiger partial charge in [0.05, 0.1) is 17.1 Å². The van der Waals surface area contributed by atoms with Crippen LogP contribution >= 0.6 is 23.4 Å². The molecular weight excluding hydrogens is 435 g/mol. The molecule has 1 heterocycles. The first-order valence-electron chi connectivity index (χ1n) is 9.58. The van der Waals surface area contributed by atoms with E-state index in [0.717, 1.165) is 10.5 Å². The zero-order valence-corrected chi connectivity index (χ0v) is 17.9. The van der Waals surface area contributed by atoms with Crippen molar-refractivity contribution in [3.05, 3.63) is 106 Å². The molecule has 2 amide bonds. The summed E-state index contributed by atoms with van der Waals surface area (Å²) in [5, 5.41) is 3.32. The number of anilines is 1. The molecule has 1 aliphatic heterocycles. The topological polar surface area (TPSA) is 49.4 Å². The first-order chi connectivity index (χ1) is 15.0. The number of halogens is 2. The smallest absolute Gasteiger partial charge is 0.265 e. The van der Waals surface area contributed by atoms with Crippen LogP contribution in [0.5, 0.6) is 0 Å². The number of nitrogens with one attached hydrogen (secondary N) is 1. The molecule has 4 nitrogen and oxygen atoms in total. The number of rotatable bonds is 5. The molecule has 1 aliphatic rings. The number of amides is 2. The average molecular weight is 453 g/mol. The van der Waals surface area contributed by atoms with Gasteiger partial charge in [0.25, 0.3) is 5.91 Å². The molecular formula is C24H18ClFN2O2S. The number of nitrogens with zero attached hydrogens (tertiary/aromatic N) is 1. The largest absolute Gasteiger partial charge is 0.348 e. The molecule has 0 saturated heterocycles. The van der Waals surface area contributed by atoms with Gasteiger partial charge in [0, 0.05) is 28.1 Å². The van der Waals surface area contributed by atoms with Gasteiger partial charge in [0.2, 0.25) is 5.91 Å². The highest BCUT2D eigenvalue weighted by atomic mass is 35.5. The summed E-state index contributed by atoms with van der Waals surface area (Å²) in [5.74, 6) is -1.13. The van der Waals surface area contributed by atoms with Crippen LogP contribution < -0.4 is 10.2 Å². The van der Waals surface area contributed by atoms with Gasteiger partial charge in [-0.15, -0.1) is 0 Å². The minimum absolute atomic E-state index is 0.0711. The summed E-state index contributed by atoms with van der Waals surface area (Å²) in [6.07, 6.45) is 1.29. The quantitative estimate of drug-likeness (QED) is 0.533. The Labute approximate surface area is 188 Å². The maximum atomic E-state index is 14.2.